The fourth-order valence-electron chi connectivity index (χ4n) is 2.15. The molecule has 3 heteroatoms. The average Bonchev–Trinajstić information content (AvgIpc) is 2.27. The first-order chi connectivity index (χ1) is 7.66. The van der Waals surface area contributed by atoms with Crippen molar-refractivity contribution in [3.63, 3.8) is 0 Å². The Balaban J connectivity index is 2.16. The quantitative estimate of drug-likeness (QED) is 0.847. The molecule has 2 atom stereocenters. The fourth-order valence-corrected chi connectivity index (χ4v) is 3.17. The molecule has 1 aromatic carbocycles. The second kappa shape index (κ2) is 5.21. The van der Waals surface area contributed by atoms with E-state index in [2.05, 4.69) is 18.2 Å². The molecule has 1 aromatic rings. The van der Waals surface area contributed by atoms with Crippen molar-refractivity contribution in [3.8, 4) is 0 Å². The van der Waals surface area contributed by atoms with Crippen molar-refractivity contribution in [1.82, 2.24) is 0 Å². The van der Waals surface area contributed by atoms with Gasteiger partial charge in [-0.05, 0) is 49.1 Å². The maximum absolute atomic E-state index is 6.14. The van der Waals surface area contributed by atoms with Crippen LogP contribution in [0.15, 0.2) is 23.1 Å². The molecule has 4 N–H and O–H groups in total. The van der Waals surface area contributed by atoms with E-state index in [1.807, 2.05) is 18.7 Å². The summed E-state index contributed by atoms with van der Waals surface area (Å²) in [7, 11) is 0. The van der Waals surface area contributed by atoms with Gasteiger partial charge in [0.2, 0.25) is 0 Å². The lowest BCUT2D eigenvalue weighted by Gasteiger charge is -2.19. The maximum Gasteiger partial charge on any atom is 0.0309 e. The Bertz CT molecular complexity index is 363. The lowest BCUT2D eigenvalue weighted by molar-refractivity contribution is 0.567. The van der Waals surface area contributed by atoms with Crippen molar-refractivity contribution in [1.29, 1.82) is 0 Å². The second-order valence-electron chi connectivity index (χ2n) is 4.64. The molecule has 0 aliphatic carbocycles. The number of aryl methyl sites for hydroxylation is 1. The number of rotatable bonds is 3. The molecule has 0 amide bonds. The molecule has 0 radical (unpaired) electrons. The second-order valence-corrected chi connectivity index (χ2v) is 5.78. The Morgan fingerprint density at radius 3 is 2.94 bits per heavy atom. The van der Waals surface area contributed by atoms with Crippen LogP contribution in [0.1, 0.15) is 36.9 Å². The van der Waals surface area contributed by atoms with Gasteiger partial charge in [-0.3, -0.25) is 0 Å². The van der Waals surface area contributed by atoms with Gasteiger partial charge >= 0.3 is 0 Å². The van der Waals surface area contributed by atoms with Gasteiger partial charge in [0, 0.05) is 17.0 Å². The molecule has 0 spiro atoms. The van der Waals surface area contributed by atoms with Crippen LogP contribution < -0.4 is 11.5 Å². The van der Waals surface area contributed by atoms with Crippen molar-refractivity contribution < 1.29 is 0 Å². The van der Waals surface area contributed by atoms with E-state index in [-0.39, 0.29) is 12.1 Å². The molecule has 1 aliphatic rings. The zero-order valence-corrected chi connectivity index (χ0v) is 10.6. The third kappa shape index (κ3) is 2.78. The van der Waals surface area contributed by atoms with E-state index in [0.717, 1.165) is 6.42 Å². The van der Waals surface area contributed by atoms with Gasteiger partial charge in [0.1, 0.15) is 0 Å². The van der Waals surface area contributed by atoms with E-state index < -0.39 is 0 Å². The normalized spacial score (nSPS) is 18.9. The van der Waals surface area contributed by atoms with E-state index in [1.165, 1.54) is 34.6 Å². The summed E-state index contributed by atoms with van der Waals surface area (Å²) < 4.78 is 0. The molecule has 16 heavy (non-hydrogen) atoms. The maximum atomic E-state index is 6.14. The highest BCUT2D eigenvalue weighted by Crippen LogP contribution is 2.31. The predicted molar refractivity (Wildman–Crippen MR) is 70.7 cm³/mol. The predicted octanol–water partition coefficient (Wildman–Crippen LogP) is 2.46. The third-order valence-corrected chi connectivity index (χ3v) is 4.19. The number of thioether (sulfide) groups is 1. The Hall–Kier alpha value is -0.510. The third-order valence-electron chi connectivity index (χ3n) is 2.99. The summed E-state index contributed by atoms with van der Waals surface area (Å²) in [5.41, 5.74) is 14.6. The van der Waals surface area contributed by atoms with Crippen LogP contribution in [0.2, 0.25) is 0 Å². The molecule has 0 saturated carbocycles. The Kier molecular flexibility index (Phi) is 3.90. The summed E-state index contributed by atoms with van der Waals surface area (Å²) in [6.45, 7) is 2.01. The van der Waals surface area contributed by atoms with Gasteiger partial charge in [-0.25, -0.2) is 0 Å². The Labute approximate surface area is 102 Å². The van der Waals surface area contributed by atoms with Gasteiger partial charge in [-0.15, -0.1) is 11.8 Å². The molecule has 0 saturated heterocycles. The first kappa shape index (κ1) is 12.0. The minimum absolute atomic E-state index is 0.0808. The number of hydrogen-bond acceptors (Lipinski definition) is 3. The molecular formula is C13H20N2S. The van der Waals surface area contributed by atoms with Crippen LogP contribution in [-0.4, -0.2) is 11.8 Å². The SMILES string of the molecule is CC(N)CC(N)c1ccc2c(c1)CCCS2. The van der Waals surface area contributed by atoms with Crippen LogP contribution in [0.5, 0.6) is 0 Å². The van der Waals surface area contributed by atoms with Crippen molar-refractivity contribution in [3.05, 3.63) is 29.3 Å². The van der Waals surface area contributed by atoms with Crippen molar-refractivity contribution in [2.75, 3.05) is 5.75 Å². The lowest BCUT2D eigenvalue weighted by atomic mass is 9.98. The number of fused-ring (bicyclic) bond motifs is 1. The number of nitrogens with two attached hydrogens (primary N) is 2. The van der Waals surface area contributed by atoms with Crippen LogP contribution in [0.4, 0.5) is 0 Å². The molecule has 0 aromatic heterocycles. The standard InChI is InChI=1S/C13H20N2S/c1-9(14)7-12(15)10-4-5-13-11(8-10)3-2-6-16-13/h4-5,8-9,12H,2-3,6-7,14-15H2,1H3. The summed E-state index contributed by atoms with van der Waals surface area (Å²) >= 11 is 1.96. The van der Waals surface area contributed by atoms with E-state index in [0.29, 0.717) is 0 Å². The van der Waals surface area contributed by atoms with E-state index in [1.54, 1.807) is 0 Å². The molecular weight excluding hydrogens is 216 g/mol. The van der Waals surface area contributed by atoms with Gasteiger partial charge in [0.05, 0.1) is 0 Å². The van der Waals surface area contributed by atoms with E-state index in [4.69, 9.17) is 11.5 Å². The molecule has 1 aliphatic heterocycles. The van der Waals surface area contributed by atoms with Crippen LogP contribution in [0.3, 0.4) is 0 Å². The van der Waals surface area contributed by atoms with Crippen molar-refractivity contribution in [2.24, 2.45) is 11.5 Å². The molecule has 88 valence electrons. The average molecular weight is 236 g/mol. The highest BCUT2D eigenvalue weighted by Gasteiger charge is 2.13. The van der Waals surface area contributed by atoms with E-state index >= 15 is 0 Å². The van der Waals surface area contributed by atoms with Gasteiger partial charge < -0.3 is 11.5 Å². The highest BCUT2D eigenvalue weighted by atomic mass is 32.2. The topological polar surface area (TPSA) is 52.0 Å². The fraction of sp³-hybridized carbons (Fsp3) is 0.538. The molecule has 0 fully saturated rings. The van der Waals surface area contributed by atoms with Gasteiger partial charge in [0.25, 0.3) is 0 Å². The minimum atomic E-state index is 0.0808. The van der Waals surface area contributed by atoms with Crippen LogP contribution in [0, 0.1) is 0 Å². The molecule has 2 nitrogen and oxygen atoms in total. The zero-order valence-electron chi connectivity index (χ0n) is 9.78. The largest absolute Gasteiger partial charge is 0.328 e. The van der Waals surface area contributed by atoms with Crippen molar-refractivity contribution >= 4 is 11.8 Å². The van der Waals surface area contributed by atoms with Gasteiger partial charge in [-0.1, -0.05) is 12.1 Å². The van der Waals surface area contributed by atoms with Crippen LogP contribution in [-0.2, 0) is 6.42 Å². The smallest absolute Gasteiger partial charge is 0.0309 e. The van der Waals surface area contributed by atoms with Crippen LogP contribution >= 0.6 is 11.8 Å². The number of hydrogen-bond donors (Lipinski definition) is 2. The Morgan fingerprint density at radius 2 is 2.19 bits per heavy atom. The zero-order chi connectivity index (χ0) is 11.5. The summed E-state index contributed by atoms with van der Waals surface area (Å²) in [6.07, 6.45) is 3.33. The highest BCUT2D eigenvalue weighted by molar-refractivity contribution is 7.99. The summed E-state index contributed by atoms with van der Waals surface area (Å²) in [4.78, 5) is 1.43. The first-order valence-corrected chi connectivity index (χ1v) is 6.92. The summed E-state index contributed by atoms with van der Waals surface area (Å²) in [5.74, 6) is 1.25. The molecule has 0 bridgehead atoms. The summed E-state index contributed by atoms with van der Waals surface area (Å²) in [5, 5.41) is 0. The van der Waals surface area contributed by atoms with Gasteiger partial charge in [0.15, 0.2) is 0 Å². The minimum Gasteiger partial charge on any atom is -0.328 e. The van der Waals surface area contributed by atoms with Crippen LogP contribution in [0.25, 0.3) is 0 Å². The molecule has 2 rings (SSSR count). The van der Waals surface area contributed by atoms with E-state index in [9.17, 15) is 0 Å². The van der Waals surface area contributed by atoms with Crippen molar-refractivity contribution in [2.45, 2.75) is 43.2 Å². The lowest BCUT2D eigenvalue weighted by Crippen LogP contribution is -2.23. The summed E-state index contributed by atoms with van der Waals surface area (Å²) in [6, 6.07) is 6.89. The molecule has 1 heterocycles. The number of benzene rings is 1. The van der Waals surface area contributed by atoms with Gasteiger partial charge in [-0.2, -0.15) is 0 Å². The molecule has 2 unspecified atom stereocenters. The Morgan fingerprint density at radius 1 is 1.38 bits per heavy atom. The first-order valence-electron chi connectivity index (χ1n) is 5.93. The monoisotopic (exact) mass is 236 g/mol.